The van der Waals surface area contributed by atoms with E-state index in [1.807, 2.05) is 0 Å². The van der Waals surface area contributed by atoms with Gasteiger partial charge in [0.25, 0.3) is 0 Å². The molecule has 16 nitrogen and oxygen atoms in total. The normalized spacial score (nSPS) is 21.5. The van der Waals surface area contributed by atoms with Crippen molar-refractivity contribution in [2.75, 3.05) is 6.61 Å². The minimum Gasteiger partial charge on any atom is -0.478 e. The summed E-state index contributed by atoms with van der Waals surface area (Å²) < 4.78 is 37.2. The molecule has 0 amide bonds. The first-order valence-electron chi connectivity index (χ1n) is 13.0. The topological polar surface area (TPSA) is 221 Å². The van der Waals surface area contributed by atoms with Crippen LogP contribution in [0.4, 0.5) is 0 Å². The van der Waals surface area contributed by atoms with Gasteiger partial charge in [0.05, 0.1) is 0 Å². The molecule has 1 aliphatic heterocycles. The number of ether oxygens (including phenoxy) is 7. The number of hydrogen-bond acceptors (Lipinski definition) is 15. The second-order valence-corrected chi connectivity index (χ2v) is 9.57. The van der Waals surface area contributed by atoms with Crippen molar-refractivity contribution in [3.05, 3.63) is 29.3 Å². The Bertz CT molecular complexity index is 1320. The lowest BCUT2D eigenvalue weighted by Gasteiger charge is -2.45. The molecule has 44 heavy (non-hydrogen) atoms. The lowest BCUT2D eigenvalue weighted by Crippen LogP contribution is -2.66. The molecule has 1 N–H and O–H groups in total. The predicted octanol–water partition coefficient (Wildman–Crippen LogP) is 0.479. The van der Waals surface area contributed by atoms with E-state index in [1.54, 1.807) is 0 Å². The second kappa shape index (κ2) is 15.6. The van der Waals surface area contributed by atoms with Crippen molar-refractivity contribution >= 4 is 47.6 Å². The molecule has 240 valence electrons. The molecule has 1 aromatic rings. The average Bonchev–Trinajstić information content (AvgIpc) is 2.87. The first-order valence-corrected chi connectivity index (χ1v) is 13.0. The Morgan fingerprint density at radius 1 is 0.750 bits per heavy atom. The van der Waals surface area contributed by atoms with Gasteiger partial charge in [0.15, 0.2) is 30.2 Å². The van der Waals surface area contributed by atoms with E-state index in [2.05, 4.69) is 0 Å². The van der Waals surface area contributed by atoms with Gasteiger partial charge in [0.1, 0.15) is 30.1 Å². The van der Waals surface area contributed by atoms with Crippen LogP contribution in [0.15, 0.2) is 18.2 Å². The van der Waals surface area contributed by atoms with Crippen LogP contribution in [0, 0.1) is 0 Å². The van der Waals surface area contributed by atoms with Gasteiger partial charge >= 0.3 is 41.8 Å². The summed E-state index contributed by atoms with van der Waals surface area (Å²) in [5.74, 6) is -7.93. The highest BCUT2D eigenvalue weighted by atomic mass is 16.7. The largest absolute Gasteiger partial charge is 0.478 e. The van der Waals surface area contributed by atoms with Gasteiger partial charge in [-0.3, -0.25) is 33.6 Å². The molecule has 0 radical (unpaired) electrons. The molecule has 1 fully saturated rings. The Kier molecular flexibility index (Phi) is 12.5. The molecule has 1 heterocycles. The van der Waals surface area contributed by atoms with Crippen molar-refractivity contribution < 1.29 is 76.6 Å². The number of aromatic carboxylic acids is 1. The van der Waals surface area contributed by atoms with Crippen molar-refractivity contribution in [2.24, 2.45) is 0 Å². The SMILES string of the molecule is CC(=O)OC[C@H]1OC(C(OC(C)=O)C(=O)Cc2ccc(C(=O)O)c(OC(C)=O)c2)[C@H](OC(C)=O)[C@@H](OC(C)=O)[C@@H]1OC(C)=O. The maximum atomic E-state index is 13.7. The van der Waals surface area contributed by atoms with E-state index in [4.69, 9.17) is 33.2 Å². The number of carboxylic acid groups (broad SMARTS) is 1. The molecule has 0 aromatic heterocycles. The van der Waals surface area contributed by atoms with Gasteiger partial charge in [0.2, 0.25) is 0 Å². The summed E-state index contributed by atoms with van der Waals surface area (Å²) in [6.07, 6.45) is -10.4. The third-order valence-electron chi connectivity index (χ3n) is 5.84. The van der Waals surface area contributed by atoms with Crippen LogP contribution in [0.3, 0.4) is 0 Å². The molecule has 0 aliphatic carbocycles. The van der Waals surface area contributed by atoms with Gasteiger partial charge in [-0.1, -0.05) is 6.07 Å². The van der Waals surface area contributed by atoms with Gasteiger partial charge in [-0.15, -0.1) is 0 Å². The van der Waals surface area contributed by atoms with Gasteiger partial charge in [0, 0.05) is 48.0 Å². The Morgan fingerprint density at radius 3 is 1.82 bits per heavy atom. The van der Waals surface area contributed by atoms with Gasteiger partial charge in [-0.2, -0.15) is 0 Å². The molecule has 2 unspecified atom stereocenters. The molecular formula is C28H32O16. The first kappa shape index (κ1) is 35.3. The fourth-order valence-corrected chi connectivity index (χ4v) is 4.39. The summed E-state index contributed by atoms with van der Waals surface area (Å²) >= 11 is 0. The smallest absolute Gasteiger partial charge is 0.339 e. The summed E-state index contributed by atoms with van der Waals surface area (Å²) in [6.45, 7) is 5.56. The zero-order chi connectivity index (χ0) is 33.3. The standard InChI is InChI=1S/C28H32O16/c1-12(29)38-11-22-24(41-15(4)32)26(42-16(5)33)27(43-17(6)34)25(44-22)23(40-14(3)31)20(35)9-18-7-8-19(28(36)37)21(10-18)39-13(2)30/h7-8,10,22-27H,9,11H2,1-6H3,(H,36,37)/t22-,23?,24-,25?,26+,27+/m1/s1. The van der Waals surface area contributed by atoms with Crippen LogP contribution in [0.1, 0.15) is 57.5 Å². The maximum absolute atomic E-state index is 13.7. The molecule has 0 saturated carbocycles. The van der Waals surface area contributed by atoms with E-state index in [-0.39, 0.29) is 16.9 Å². The Morgan fingerprint density at radius 2 is 1.32 bits per heavy atom. The lowest BCUT2D eigenvalue weighted by molar-refractivity contribution is -0.265. The van der Waals surface area contributed by atoms with E-state index in [0.717, 1.165) is 53.7 Å². The zero-order valence-corrected chi connectivity index (χ0v) is 24.7. The van der Waals surface area contributed by atoms with Crippen LogP contribution in [0.5, 0.6) is 5.75 Å². The second-order valence-electron chi connectivity index (χ2n) is 9.57. The van der Waals surface area contributed by atoms with Gasteiger partial charge < -0.3 is 38.3 Å². The predicted molar refractivity (Wildman–Crippen MR) is 141 cm³/mol. The first-order chi connectivity index (χ1) is 20.5. The number of carbonyl (C=O) groups excluding carboxylic acids is 7. The van der Waals surface area contributed by atoms with Crippen molar-refractivity contribution in [1.29, 1.82) is 0 Å². The number of hydrogen-bond donors (Lipinski definition) is 1. The van der Waals surface area contributed by atoms with Crippen LogP contribution >= 0.6 is 0 Å². The number of Topliss-reactive ketones (excluding diaryl/α,β-unsaturated/α-hetero) is 1. The molecule has 1 saturated heterocycles. The fraction of sp³-hybridized carbons (Fsp3) is 0.500. The van der Waals surface area contributed by atoms with Gasteiger partial charge in [-0.25, -0.2) is 4.79 Å². The Hall–Kier alpha value is -4.86. The zero-order valence-electron chi connectivity index (χ0n) is 24.7. The van der Waals surface area contributed by atoms with Crippen LogP contribution < -0.4 is 4.74 Å². The Balaban J connectivity index is 2.63. The van der Waals surface area contributed by atoms with Crippen molar-refractivity contribution in [3.8, 4) is 5.75 Å². The van der Waals surface area contributed by atoms with E-state index < -0.39 is 97.2 Å². The lowest BCUT2D eigenvalue weighted by atomic mass is 9.88. The summed E-state index contributed by atoms with van der Waals surface area (Å²) in [4.78, 5) is 96.7. The molecule has 1 aliphatic rings. The third kappa shape index (κ3) is 10.1. The molecule has 0 spiro atoms. The fourth-order valence-electron chi connectivity index (χ4n) is 4.39. The summed E-state index contributed by atoms with van der Waals surface area (Å²) in [5.41, 5.74) is -0.244. The van der Waals surface area contributed by atoms with Crippen LogP contribution in [0.2, 0.25) is 0 Å². The van der Waals surface area contributed by atoms with Crippen molar-refractivity contribution in [3.63, 3.8) is 0 Å². The number of rotatable bonds is 12. The molecule has 16 heteroatoms. The minimum atomic E-state index is -1.87. The molecular weight excluding hydrogens is 592 g/mol. The molecule has 6 atom stereocenters. The van der Waals surface area contributed by atoms with Crippen LogP contribution in [-0.4, -0.2) is 95.9 Å². The summed E-state index contributed by atoms with van der Waals surface area (Å²) in [5, 5.41) is 9.40. The number of ketones is 1. The quantitative estimate of drug-likeness (QED) is 0.190. The number of carboxylic acids is 1. The highest BCUT2D eigenvalue weighted by molar-refractivity contribution is 5.93. The summed E-state index contributed by atoms with van der Waals surface area (Å²) in [7, 11) is 0. The highest BCUT2D eigenvalue weighted by Gasteiger charge is 2.56. The van der Waals surface area contributed by atoms with E-state index in [9.17, 15) is 43.5 Å². The molecule has 2 rings (SSSR count). The van der Waals surface area contributed by atoms with E-state index >= 15 is 0 Å². The number of esters is 6. The molecule has 1 aromatic carbocycles. The van der Waals surface area contributed by atoms with Crippen molar-refractivity contribution in [1.82, 2.24) is 0 Å². The highest BCUT2D eigenvalue weighted by Crippen LogP contribution is 2.33. The Labute approximate surface area is 250 Å². The summed E-state index contributed by atoms with van der Waals surface area (Å²) in [6, 6.07) is 3.48. The average molecular weight is 625 g/mol. The van der Waals surface area contributed by atoms with E-state index in [1.165, 1.54) is 6.07 Å². The van der Waals surface area contributed by atoms with Crippen LogP contribution in [-0.2, 0) is 68.4 Å². The number of carbonyl (C=O) groups is 8. The van der Waals surface area contributed by atoms with Gasteiger partial charge in [-0.05, 0) is 17.7 Å². The minimum absolute atomic E-state index is 0.124. The third-order valence-corrected chi connectivity index (χ3v) is 5.84. The van der Waals surface area contributed by atoms with E-state index in [0.29, 0.717) is 0 Å². The maximum Gasteiger partial charge on any atom is 0.339 e. The monoisotopic (exact) mass is 624 g/mol. The number of benzene rings is 1. The molecule has 0 bridgehead atoms. The van der Waals surface area contributed by atoms with Crippen LogP contribution in [0.25, 0.3) is 0 Å². The van der Waals surface area contributed by atoms with Crippen molar-refractivity contribution in [2.45, 2.75) is 84.6 Å².